The van der Waals surface area contributed by atoms with E-state index in [1.165, 1.54) is 18.4 Å². The molecule has 1 heterocycles. The van der Waals surface area contributed by atoms with E-state index in [2.05, 4.69) is 24.2 Å². The van der Waals surface area contributed by atoms with E-state index in [1.807, 2.05) is 0 Å². The molecule has 1 saturated heterocycles. The molecule has 1 fully saturated rings. The summed E-state index contributed by atoms with van der Waals surface area (Å²) in [4.78, 5) is 0. The molecule has 0 bridgehead atoms. The molecular formula is C10H15N. The van der Waals surface area contributed by atoms with Crippen molar-refractivity contribution in [3.8, 4) is 12.3 Å². The Kier molecular flexibility index (Phi) is 3.19. The smallest absolute Gasteiger partial charge is 0.0270 e. The molecule has 1 aliphatic heterocycles. The van der Waals surface area contributed by atoms with Gasteiger partial charge >= 0.3 is 0 Å². The topological polar surface area (TPSA) is 12.0 Å². The number of hydrogen-bond donors (Lipinski definition) is 1. The molecule has 1 heteroatoms. The molecule has 0 spiro atoms. The summed E-state index contributed by atoms with van der Waals surface area (Å²) < 4.78 is 0. The van der Waals surface area contributed by atoms with Crippen LogP contribution in [0.15, 0.2) is 11.6 Å². The van der Waals surface area contributed by atoms with Crippen LogP contribution in [0.5, 0.6) is 0 Å². The largest absolute Gasteiger partial charge is 0.311 e. The van der Waals surface area contributed by atoms with Gasteiger partial charge in [-0.25, -0.2) is 0 Å². The van der Waals surface area contributed by atoms with Crippen molar-refractivity contribution in [3.05, 3.63) is 11.6 Å². The number of nitrogens with one attached hydrogen (secondary N) is 1. The minimum absolute atomic E-state index is 0.679. The fraction of sp³-hybridized carbons (Fsp3) is 0.600. The molecule has 0 aliphatic carbocycles. The highest BCUT2D eigenvalue weighted by atomic mass is 14.9. The van der Waals surface area contributed by atoms with Crippen LogP contribution >= 0.6 is 0 Å². The van der Waals surface area contributed by atoms with Crippen LogP contribution < -0.4 is 5.32 Å². The summed E-state index contributed by atoms with van der Waals surface area (Å²) in [5, 5.41) is 3.40. The average molecular weight is 149 g/mol. The molecule has 1 rings (SSSR count). The summed E-state index contributed by atoms with van der Waals surface area (Å²) in [7, 11) is 0. The van der Waals surface area contributed by atoms with Crippen molar-refractivity contribution in [1.29, 1.82) is 0 Å². The molecule has 11 heavy (non-hydrogen) atoms. The summed E-state index contributed by atoms with van der Waals surface area (Å²) in [6.45, 7) is 3.25. The average Bonchev–Trinajstić information content (AvgIpc) is 2.04. The first-order valence-electron chi connectivity index (χ1n) is 4.17. The number of piperidine rings is 1. The summed E-state index contributed by atoms with van der Waals surface area (Å²) in [6.07, 6.45) is 10.6. The third kappa shape index (κ3) is 2.78. The van der Waals surface area contributed by atoms with E-state index < -0.39 is 0 Å². The van der Waals surface area contributed by atoms with E-state index in [4.69, 9.17) is 6.42 Å². The van der Waals surface area contributed by atoms with Gasteiger partial charge in [0.1, 0.15) is 0 Å². The molecule has 1 unspecified atom stereocenters. The second-order valence-electron chi connectivity index (χ2n) is 3.09. The van der Waals surface area contributed by atoms with Crippen molar-refractivity contribution >= 4 is 0 Å². The van der Waals surface area contributed by atoms with Gasteiger partial charge in [-0.1, -0.05) is 11.6 Å². The third-order valence-electron chi connectivity index (χ3n) is 2.08. The second kappa shape index (κ2) is 4.20. The van der Waals surface area contributed by atoms with Gasteiger partial charge in [-0.3, -0.25) is 0 Å². The van der Waals surface area contributed by atoms with Crippen LogP contribution in [0.2, 0.25) is 0 Å². The van der Waals surface area contributed by atoms with Gasteiger partial charge in [-0.15, -0.1) is 12.3 Å². The molecular weight excluding hydrogens is 134 g/mol. The molecule has 1 N–H and O–H groups in total. The highest BCUT2D eigenvalue weighted by Gasteiger charge is 2.09. The zero-order valence-electron chi connectivity index (χ0n) is 7.06. The number of allylic oxidation sites excluding steroid dienone is 1. The first-order chi connectivity index (χ1) is 5.33. The molecule has 0 aromatic carbocycles. The molecule has 60 valence electrons. The summed E-state index contributed by atoms with van der Waals surface area (Å²) in [5.74, 6) is 2.62. The standard InChI is InChI=1S/C10H15N/c1-3-4-5-10-7-6-9(2)11-8-10/h1,5,9,11H,4,6-8H2,2H3/b10-5+. The highest BCUT2D eigenvalue weighted by molar-refractivity contribution is 5.11. The molecule has 1 atom stereocenters. The SMILES string of the molecule is C#CC/C=C1\CCC(C)NC1. The molecule has 0 saturated carbocycles. The first kappa shape index (κ1) is 8.36. The van der Waals surface area contributed by atoms with E-state index in [-0.39, 0.29) is 0 Å². The van der Waals surface area contributed by atoms with Gasteiger partial charge in [-0.05, 0) is 19.8 Å². The van der Waals surface area contributed by atoms with Crippen molar-refractivity contribution in [3.63, 3.8) is 0 Å². The Hall–Kier alpha value is -0.740. The zero-order valence-corrected chi connectivity index (χ0v) is 7.06. The fourth-order valence-electron chi connectivity index (χ4n) is 1.28. The molecule has 0 aromatic heterocycles. The van der Waals surface area contributed by atoms with Gasteiger partial charge in [0, 0.05) is 19.0 Å². The number of hydrogen-bond acceptors (Lipinski definition) is 1. The Bertz CT molecular complexity index is 176. The Morgan fingerprint density at radius 2 is 2.64 bits per heavy atom. The predicted molar refractivity (Wildman–Crippen MR) is 48.2 cm³/mol. The van der Waals surface area contributed by atoms with Gasteiger partial charge in [0.15, 0.2) is 0 Å². The maximum atomic E-state index is 5.16. The van der Waals surface area contributed by atoms with Crippen LogP contribution in [0.25, 0.3) is 0 Å². The molecule has 1 nitrogen and oxygen atoms in total. The van der Waals surface area contributed by atoms with E-state index in [1.54, 1.807) is 0 Å². The van der Waals surface area contributed by atoms with Gasteiger partial charge in [0.25, 0.3) is 0 Å². The monoisotopic (exact) mass is 149 g/mol. The lowest BCUT2D eigenvalue weighted by Crippen LogP contribution is -2.32. The minimum atomic E-state index is 0.679. The fourth-order valence-corrected chi connectivity index (χ4v) is 1.28. The molecule has 0 radical (unpaired) electrons. The summed E-state index contributed by atoms with van der Waals surface area (Å²) >= 11 is 0. The van der Waals surface area contributed by atoms with E-state index in [0.717, 1.165) is 13.0 Å². The van der Waals surface area contributed by atoms with Crippen LogP contribution in [0.1, 0.15) is 26.2 Å². The van der Waals surface area contributed by atoms with Gasteiger partial charge < -0.3 is 5.32 Å². The maximum absolute atomic E-state index is 5.16. The Balaban J connectivity index is 2.34. The van der Waals surface area contributed by atoms with Gasteiger partial charge in [-0.2, -0.15) is 0 Å². The lowest BCUT2D eigenvalue weighted by Gasteiger charge is -2.21. The van der Waals surface area contributed by atoms with Crippen molar-refractivity contribution in [1.82, 2.24) is 5.32 Å². The van der Waals surface area contributed by atoms with E-state index in [9.17, 15) is 0 Å². The van der Waals surface area contributed by atoms with Gasteiger partial charge in [0.05, 0.1) is 0 Å². The molecule has 0 aromatic rings. The van der Waals surface area contributed by atoms with Crippen LogP contribution in [0, 0.1) is 12.3 Å². The van der Waals surface area contributed by atoms with E-state index in [0.29, 0.717) is 6.04 Å². The van der Waals surface area contributed by atoms with E-state index >= 15 is 0 Å². The summed E-state index contributed by atoms with van der Waals surface area (Å²) in [5.41, 5.74) is 1.47. The van der Waals surface area contributed by atoms with Crippen LogP contribution in [0.4, 0.5) is 0 Å². The van der Waals surface area contributed by atoms with Crippen LogP contribution in [-0.4, -0.2) is 12.6 Å². The maximum Gasteiger partial charge on any atom is 0.0270 e. The van der Waals surface area contributed by atoms with Crippen molar-refractivity contribution in [2.75, 3.05) is 6.54 Å². The predicted octanol–water partition coefficient (Wildman–Crippen LogP) is 1.71. The summed E-state index contributed by atoms with van der Waals surface area (Å²) in [6, 6.07) is 0.679. The quantitative estimate of drug-likeness (QED) is 0.442. The van der Waals surface area contributed by atoms with Crippen molar-refractivity contribution in [2.24, 2.45) is 0 Å². The normalized spacial score (nSPS) is 28.4. The molecule has 1 aliphatic rings. The highest BCUT2D eigenvalue weighted by Crippen LogP contribution is 2.12. The Morgan fingerprint density at radius 1 is 1.82 bits per heavy atom. The van der Waals surface area contributed by atoms with Gasteiger partial charge in [0.2, 0.25) is 0 Å². The van der Waals surface area contributed by atoms with Crippen LogP contribution in [-0.2, 0) is 0 Å². The van der Waals surface area contributed by atoms with Crippen molar-refractivity contribution in [2.45, 2.75) is 32.2 Å². The third-order valence-corrected chi connectivity index (χ3v) is 2.08. The first-order valence-corrected chi connectivity index (χ1v) is 4.17. The Labute approximate surface area is 68.9 Å². The lowest BCUT2D eigenvalue weighted by molar-refractivity contribution is 0.486. The van der Waals surface area contributed by atoms with Crippen LogP contribution in [0.3, 0.4) is 0 Å². The number of rotatable bonds is 1. The number of terminal acetylenes is 1. The van der Waals surface area contributed by atoms with Crippen molar-refractivity contribution < 1.29 is 0 Å². The minimum Gasteiger partial charge on any atom is -0.311 e. The second-order valence-corrected chi connectivity index (χ2v) is 3.09. The Morgan fingerprint density at radius 3 is 3.18 bits per heavy atom. The lowest BCUT2D eigenvalue weighted by atomic mass is 10.0. The zero-order chi connectivity index (χ0) is 8.10. The molecule has 0 amide bonds.